The Bertz CT molecular complexity index is 49.5. The van der Waals surface area contributed by atoms with Crippen LogP contribution in [-0.2, 0) is 0 Å². The first kappa shape index (κ1) is 37.1. The molecule has 0 saturated heterocycles. The molecule has 0 aliphatic carbocycles. The number of hydrogen-bond donors (Lipinski definition) is 0. The van der Waals surface area contributed by atoms with Crippen molar-refractivity contribution in [3.05, 3.63) is 0 Å². The fourth-order valence-electron chi connectivity index (χ4n) is 0. The monoisotopic (exact) mass is 905 g/mol. The summed E-state index contributed by atoms with van der Waals surface area (Å²) in [5.41, 5.74) is 0. The molecule has 0 saturated carbocycles. The van der Waals surface area contributed by atoms with Gasteiger partial charge in [0.15, 0.2) is 0 Å². The van der Waals surface area contributed by atoms with Gasteiger partial charge in [-0.25, -0.2) is 0 Å². The van der Waals surface area contributed by atoms with Crippen molar-refractivity contribution >= 4 is 112 Å². The molecule has 0 aromatic carbocycles. The van der Waals surface area contributed by atoms with Crippen molar-refractivity contribution in [2.24, 2.45) is 0 Å². The molecule has 0 spiro atoms. The van der Waals surface area contributed by atoms with Gasteiger partial charge in [0.25, 0.3) is 0 Å². The molecule has 106 valence electrons. The summed E-state index contributed by atoms with van der Waals surface area (Å²) in [7, 11) is 1.25. The Hall–Kier alpha value is 4.51. The molecular weight excluding hydrogens is 879 g/mol. The molecule has 0 rings (SSSR count). The molecule has 0 atom stereocenters. The Morgan fingerprint density at radius 1 is 1.06 bits per heavy atom. The third-order valence-corrected chi connectivity index (χ3v) is 0.816. The van der Waals surface area contributed by atoms with Crippen LogP contribution in [-0.4, -0.2) is 14.0 Å². The van der Waals surface area contributed by atoms with Crippen molar-refractivity contribution in [1.82, 2.24) is 0 Å². The third kappa shape index (κ3) is 134. The topological polar surface area (TPSA) is 0 Å². The van der Waals surface area contributed by atoms with Gasteiger partial charge in [-0.15, -0.1) is 24.0 Å². The van der Waals surface area contributed by atoms with Gasteiger partial charge in [-0.1, -0.05) is 54.4 Å². The molecule has 0 aromatic rings. The maximum absolute atomic E-state index is 2.39. The van der Waals surface area contributed by atoms with Gasteiger partial charge in [0.2, 0.25) is 0 Å². The summed E-state index contributed by atoms with van der Waals surface area (Å²) in [4.78, 5) is 0. The van der Waals surface area contributed by atoms with Crippen molar-refractivity contribution in [3.63, 3.8) is 0 Å². The van der Waals surface area contributed by atoms with E-state index in [9.17, 15) is 0 Å². The molecule has 0 nitrogen and oxygen atoms in total. The van der Waals surface area contributed by atoms with E-state index in [4.69, 9.17) is 0 Å². The second-order valence-electron chi connectivity index (χ2n) is 2.56. The van der Waals surface area contributed by atoms with Crippen LogP contribution >= 0.6 is 98.4 Å². The normalized spacial score (nSPS) is 5.44. The van der Waals surface area contributed by atoms with Crippen molar-refractivity contribution in [2.45, 2.75) is 54.4 Å². The predicted octanol–water partition coefficient (Wildman–Crippen LogP) is 4.47. The van der Waals surface area contributed by atoms with Crippen LogP contribution < -0.4 is 13.3 Å². The minimum absolute atomic E-state index is 0. The molecule has 0 aliphatic heterocycles. The van der Waals surface area contributed by atoms with Crippen molar-refractivity contribution in [3.8, 4) is 0 Å². The van der Waals surface area contributed by atoms with Gasteiger partial charge in [0.05, 0.1) is 0 Å². The molecular formula is C8H25B2I6-. The Balaban J connectivity index is -0.0000000204. The molecule has 8 heteroatoms. The van der Waals surface area contributed by atoms with Gasteiger partial charge < -0.3 is 0 Å². The molecule has 0 aromatic heterocycles. The van der Waals surface area contributed by atoms with Crippen LogP contribution in [0, 0.1) is 0 Å². The van der Waals surface area contributed by atoms with Crippen LogP contribution in [0.2, 0.25) is 33.6 Å². The van der Waals surface area contributed by atoms with Crippen LogP contribution in [0.3, 0.4) is 0 Å². The Morgan fingerprint density at radius 3 is 1.12 bits per heavy atom. The van der Waals surface area contributed by atoms with Gasteiger partial charge in [0, 0.05) is 37.2 Å². The molecule has 0 aliphatic rings. The summed E-state index contributed by atoms with van der Waals surface area (Å²) < 4.78 is 0. The molecule has 0 amide bonds. The Labute approximate surface area is 176 Å². The van der Waals surface area contributed by atoms with Crippen molar-refractivity contribution in [2.75, 3.05) is 0 Å². The number of rotatable bonds is 1. The van der Waals surface area contributed by atoms with E-state index < -0.39 is 0 Å². The summed E-state index contributed by atoms with van der Waals surface area (Å²) >= 11 is 9.54. The van der Waals surface area contributed by atoms with Gasteiger partial charge in [0.1, 0.15) is 14.0 Å². The summed E-state index contributed by atoms with van der Waals surface area (Å²) in [6, 6.07) is 0. The van der Waals surface area contributed by atoms with Gasteiger partial charge >= 0.3 is 50.5 Å². The van der Waals surface area contributed by atoms with Crippen LogP contribution in [0.25, 0.3) is 0 Å². The van der Waals surface area contributed by atoms with Crippen LogP contribution in [0.4, 0.5) is 0 Å². The van der Waals surface area contributed by atoms with E-state index >= 15 is 0 Å². The van der Waals surface area contributed by atoms with E-state index in [-0.39, 0.29) is 24.0 Å². The first-order valence-electron chi connectivity index (χ1n) is 5.11. The summed E-state index contributed by atoms with van der Waals surface area (Å²) in [6.07, 6.45) is 1.31. The third-order valence-electron chi connectivity index (χ3n) is 0.816. The fraction of sp³-hybridized carbons (Fsp3) is 1.00. The predicted molar refractivity (Wildman–Crippen MR) is 130 cm³/mol. The van der Waals surface area contributed by atoms with Gasteiger partial charge in [-0.3, -0.25) is 0 Å². The average Bonchev–Trinajstić information content (AvgIpc) is 2.26. The first-order chi connectivity index (χ1) is 7.10. The maximum atomic E-state index is 2.39. The first-order valence-corrected chi connectivity index (χ1v) is 24.0. The van der Waals surface area contributed by atoms with Crippen LogP contribution in [0.15, 0.2) is 0 Å². The quantitative estimate of drug-likeness (QED) is 0.270. The Morgan fingerprint density at radius 2 is 1.12 bits per heavy atom. The fourth-order valence-corrected chi connectivity index (χ4v) is 0. The van der Waals surface area contributed by atoms with Crippen molar-refractivity contribution < 1.29 is 13.3 Å². The van der Waals surface area contributed by atoms with Crippen LogP contribution in [0.5, 0.6) is 0 Å². The van der Waals surface area contributed by atoms with Gasteiger partial charge in [-0.05, 0) is 0 Å². The zero-order valence-electron chi connectivity index (χ0n) is 11.3. The van der Waals surface area contributed by atoms with E-state index in [1.807, 2.05) is 13.8 Å². The molecule has 0 bridgehead atoms. The van der Waals surface area contributed by atoms with Crippen LogP contribution in [0.1, 0.15) is 20.8 Å². The van der Waals surface area contributed by atoms with E-state index in [2.05, 4.69) is 109 Å². The molecule has 0 unspecified atom stereocenters. The van der Waals surface area contributed by atoms with Crippen molar-refractivity contribution in [1.29, 1.82) is 0 Å². The average molecular weight is 904 g/mol. The van der Waals surface area contributed by atoms with E-state index in [0.29, 0.717) is 13.3 Å². The summed E-state index contributed by atoms with van der Waals surface area (Å²) in [6.45, 7) is 15.8. The standard InChI is InChI=1S/C4H11B.C2H7B.C2H6.I3.I2.HI/c1-4-5(2)3;1-3-2;1-2;1-3-2;1-2;/h4H2,1-3H3;3H,1-2H3;1-2H3;;;1H/q;;;-1;;. The molecule has 0 fully saturated rings. The molecule has 0 heterocycles. The molecule has 0 radical (unpaired) electrons. The number of hydrogen-bond acceptors (Lipinski definition) is 0. The second-order valence-corrected chi connectivity index (χ2v) is 18.8. The summed E-state index contributed by atoms with van der Waals surface area (Å²) in [5, 5.41) is 0. The zero-order valence-corrected chi connectivity index (χ0v) is 24.4. The van der Waals surface area contributed by atoms with E-state index in [0.717, 1.165) is 6.71 Å². The molecule has 16 heavy (non-hydrogen) atoms. The molecule has 0 N–H and O–H groups in total. The Kier molecular flexibility index (Phi) is 140. The minimum atomic E-state index is 0. The summed E-state index contributed by atoms with van der Waals surface area (Å²) in [5.74, 6) is 0. The SMILES string of the molecule is CBC.CC.CCB(C)C.I.II.I[I-]I. The van der Waals surface area contributed by atoms with E-state index in [1.165, 1.54) is 13.6 Å². The zero-order chi connectivity index (χ0) is 13.7. The van der Waals surface area contributed by atoms with Gasteiger partial charge in [-0.2, -0.15) is 0 Å². The number of halogens is 6. The van der Waals surface area contributed by atoms with E-state index in [1.54, 1.807) is 0 Å². The second kappa shape index (κ2) is 60.5.